The molecule has 1 saturated heterocycles. The van der Waals surface area contributed by atoms with Crippen LogP contribution in [0.25, 0.3) is 0 Å². The number of likely N-dealkylation sites (tertiary alicyclic amines) is 1. The zero-order chi connectivity index (χ0) is 15.8. The second kappa shape index (κ2) is 8.79. The van der Waals surface area contributed by atoms with Crippen molar-refractivity contribution in [2.24, 2.45) is 5.92 Å². The number of nitrogens with one attached hydrogen (secondary N) is 1. The molecule has 1 aliphatic rings. The van der Waals surface area contributed by atoms with E-state index in [2.05, 4.69) is 17.1 Å². The average Bonchev–Trinajstić information content (AvgIpc) is 2.53. The predicted octanol–water partition coefficient (Wildman–Crippen LogP) is 2.61. The third-order valence-corrected chi connectivity index (χ3v) is 4.24. The molecular weight excluding hydrogens is 276 g/mol. The van der Waals surface area contributed by atoms with Crippen molar-refractivity contribution >= 4 is 5.91 Å². The lowest BCUT2D eigenvalue weighted by Gasteiger charge is -2.30. The van der Waals surface area contributed by atoms with Gasteiger partial charge in [-0.25, -0.2) is 0 Å². The Bertz CT molecular complexity index is 451. The number of carbonyl (C=O) groups is 1. The number of benzene rings is 1. The molecule has 4 nitrogen and oxygen atoms in total. The Morgan fingerprint density at radius 3 is 2.64 bits per heavy atom. The number of nitrogens with zero attached hydrogens (tertiary/aromatic N) is 1. The monoisotopic (exact) mass is 304 g/mol. The van der Waals surface area contributed by atoms with Crippen LogP contribution in [-0.4, -0.2) is 43.6 Å². The Morgan fingerprint density at radius 1 is 1.27 bits per heavy atom. The van der Waals surface area contributed by atoms with E-state index in [0.29, 0.717) is 0 Å². The van der Waals surface area contributed by atoms with Gasteiger partial charge in [-0.1, -0.05) is 24.6 Å². The van der Waals surface area contributed by atoms with Gasteiger partial charge in [-0.15, -0.1) is 0 Å². The first-order valence-electron chi connectivity index (χ1n) is 8.32. The van der Waals surface area contributed by atoms with Gasteiger partial charge in [0.25, 0.3) is 5.91 Å². The van der Waals surface area contributed by atoms with Crippen LogP contribution in [0.4, 0.5) is 0 Å². The lowest BCUT2D eigenvalue weighted by molar-refractivity contribution is -0.123. The van der Waals surface area contributed by atoms with Gasteiger partial charge < -0.3 is 15.0 Å². The summed E-state index contributed by atoms with van der Waals surface area (Å²) < 4.78 is 5.46. The van der Waals surface area contributed by atoms with Gasteiger partial charge in [0.05, 0.1) is 0 Å². The Morgan fingerprint density at radius 2 is 1.95 bits per heavy atom. The minimum absolute atomic E-state index is 0.0483. The zero-order valence-electron chi connectivity index (χ0n) is 13.8. The number of hydrogen-bond donors (Lipinski definition) is 1. The first-order valence-corrected chi connectivity index (χ1v) is 8.32. The van der Waals surface area contributed by atoms with Gasteiger partial charge in [0.2, 0.25) is 0 Å². The Balaban J connectivity index is 1.53. The van der Waals surface area contributed by atoms with Crippen LogP contribution in [-0.2, 0) is 4.79 Å². The van der Waals surface area contributed by atoms with Crippen LogP contribution in [0, 0.1) is 12.8 Å². The minimum Gasteiger partial charge on any atom is -0.484 e. The lowest BCUT2D eigenvalue weighted by Crippen LogP contribution is -2.36. The third kappa shape index (κ3) is 6.06. The molecule has 1 aliphatic heterocycles. The van der Waals surface area contributed by atoms with Crippen molar-refractivity contribution < 1.29 is 9.53 Å². The van der Waals surface area contributed by atoms with Gasteiger partial charge >= 0.3 is 0 Å². The molecule has 0 atom stereocenters. The molecule has 22 heavy (non-hydrogen) atoms. The molecule has 0 unspecified atom stereocenters. The van der Waals surface area contributed by atoms with E-state index in [1.54, 1.807) is 0 Å². The molecule has 0 saturated carbocycles. The molecule has 0 spiro atoms. The van der Waals surface area contributed by atoms with Gasteiger partial charge in [0, 0.05) is 6.54 Å². The molecule has 0 aromatic heterocycles. The number of carbonyl (C=O) groups excluding carboxylic acids is 1. The van der Waals surface area contributed by atoms with Crippen molar-refractivity contribution in [1.29, 1.82) is 0 Å². The molecule has 4 heteroatoms. The summed E-state index contributed by atoms with van der Waals surface area (Å²) in [6.45, 7) is 8.64. The summed E-state index contributed by atoms with van der Waals surface area (Å²) in [5.74, 6) is 1.56. The fourth-order valence-corrected chi connectivity index (χ4v) is 2.65. The maximum atomic E-state index is 11.7. The number of hydrogen-bond acceptors (Lipinski definition) is 3. The highest BCUT2D eigenvalue weighted by Crippen LogP contribution is 2.15. The summed E-state index contributed by atoms with van der Waals surface area (Å²) in [5, 5.41) is 2.92. The molecule has 0 radical (unpaired) electrons. The SMILES string of the molecule is Cc1ccc(OCC(=O)NCCCN2CCC(C)CC2)cc1. The fourth-order valence-electron chi connectivity index (χ4n) is 2.65. The van der Waals surface area contributed by atoms with E-state index in [1.165, 1.54) is 31.5 Å². The van der Waals surface area contributed by atoms with Gasteiger partial charge in [0.1, 0.15) is 5.75 Å². The van der Waals surface area contributed by atoms with Crippen LogP contribution in [0.1, 0.15) is 31.7 Å². The number of amides is 1. The number of aryl methyl sites for hydroxylation is 1. The van der Waals surface area contributed by atoms with Crippen LogP contribution in [0.5, 0.6) is 5.75 Å². The van der Waals surface area contributed by atoms with Gasteiger partial charge in [-0.2, -0.15) is 0 Å². The highest BCUT2D eigenvalue weighted by atomic mass is 16.5. The summed E-state index contributed by atoms with van der Waals surface area (Å²) in [6, 6.07) is 7.74. The quantitative estimate of drug-likeness (QED) is 0.787. The molecule has 1 fully saturated rings. The standard InChI is InChI=1S/C18H28N2O2/c1-15-4-6-17(7-5-15)22-14-18(21)19-10-3-11-20-12-8-16(2)9-13-20/h4-7,16H,3,8-14H2,1-2H3,(H,19,21). The Kier molecular flexibility index (Phi) is 6.72. The number of piperidine rings is 1. The molecule has 1 amide bonds. The van der Waals surface area contributed by atoms with Crippen molar-refractivity contribution in [3.8, 4) is 5.75 Å². The van der Waals surface area contributed by atoms with E-state index in [1.807, 2.05) is 31.2 Å². The third-order valence-electron chi connectivity index (χ3n) is 4.24. The summed E-state index contributed by atoms with van der Waals surface area (Å²) in [7, 11) is 0. The highest BCUT2D eigenvalue weighted by molar-refractivity contribution is 5.77. The smallest absolute Gasteiger partial charge is 0.257 e. The van der Waals surface area contributed by atoms with Crippen molar-refractivity contribution in [1.82, 2.24) is 10.2 Å². The minimum atomic E-state index is -0.0483. The van der Waals surface area contributed by atoms with Crippen molar-refractivity contribution in [2.45, 2.75) is 33.1 Å². The molecule has 1 aromatic rings. The molecule has 122 valence electrons. The van der Waals surface area contributed by atoms with Crippen molar-refractivity contribution in [2.75, 3.05) is 32.8 Å². The van der Waals surface area contributed by atoms with Gasteiger partial charge in [-0.3, -0.25) is 4.79 Å². The van der Waals surface area contributed by atoms with Crippen molar-refractivity contribution in [3.05, 3.63) is 29.8 Å². The van der Waals surface area contributed by atoms with E-state index in [4.69, 9.17) is 4.74 Å². The summed E-state index contributed by atoms with van der Waals surface area (Å²) >= 11 is 0. The molecule has 0 aliphatic carbocycles. The van der Waals surface area contributed by atoms with Crippen LogP contribution in [0.3, 0.4) is 0 Å². The maximum Gasteiger partial charge on any atom is 0.257 e. The van der Waals surface area contributed by atoms with Crippen LogP contribution >= 0.6 is 0 Å². The van der Waals surface area contributed by atoms with E-state index >= 15 is 0 Å². The molecule has 1 N–H and O–H groups in total. The highest BCUT2D eigenvalue weighted by Gasteiger charge is 2.14. The molecule has 2 rings (SSSR count). The van der Waals surface area contributed by atoms with Crippen LogP contribution in [0.2, 0.25) is 0 Å². The maximum absolute atomic E-state index is 11.7. The number of rotatable bonds is 7. The van der Waals surface area contributed by atoms with E-state index < -0.39 is 0 Å². The summed E-state index contributed by atoms with van der Waals surface area (Å²) in [4.78, 5) is 14.2. The van der Waals surface area contributed by atoms with Gasteiger partial charge in [-0.05, 0) is 63.9 Å². The summed E-state index contributed by atoms with van der Waals surface area (Å²) in [6.07, 6.45) is 3.61. The Hall–Kier alpha value is -1.55. The second-order valence-electron chi connectivity index (χ2n) is 6.33. The van der Waals surface area contributed by atoms with E-state index in [0.717, 1.165) is 31.2 Å². The fraction of sp³-hybridized carbons (Fsp3) is 0.611. The van der Waals surface area contributed by atoms with E-state index in [9.17, 15) is 4.79 Å². The second-order valence-corrected chi connectivity index (χ2v) is 6.33. The van der Waals surface area contributed by atoms with Crippen molar-refractivity contribution in [3.63, 3.8) is 0 Å². The zero-order valence-corrected chi connectivity index (χ0v) is 13.8. The van der Waals surface area contributed by atoms with Crippen LogP contribution < -0.4 is 10.1 Å². The average molecular weight is 304 g/mol. The van der Waals surface area contributed by atoms with Crippen LogP contribution in [0.15, 0.2) is 24.3 Å². The lowest BCUT2D eigenvalue weighted by atomic mass is 9.99. The van der Waals surface area contributed by atoms with E-state index in [-0.39, 0.29) is 12.5 Å². The molecule has 1 aromatic carbocycles. The summed E-state index contributed by atoms with van der Waals surface area (Å²) in [5.41, 5.74) is 1.18. The molecule has 0 bridgehead atoms. The molecular formula is C18H28N2O2. The largest absolute Gasteiger partial charge is 0.484 e. The normalized spacial score (nSPS) is 16.5. The predicted molar refractivity (Wildman–Crippen MR) is 89.1 cm³/mol. The first-order chi connectivity index (χ1) is 10.6. The molecule has 1 heterocycles. The van der Waals surface area contributed by atoms with Gasteiger partial charge in [0.15, 0.2) is 6.61 Å². The Labute approximate surface area is 133 Å². The topological polar surface area (TPSA) is 41.6 Å². The number of ether oxygens (including phenoxy) is 1. The first kappa shape index (κ1) is 16.8.